The number of carboxylic acids is 1. The second kappa shape index (κ2) is 5.29. The fourth-order valence-electron chi connectivity index (χ4n) is 1.65. The molecule has 0 saturated carbocycles. The summed E-state index contributed by atoms with van der Waals surface area (Å²) in [6.45, 7) is 8.84. The van der Waals surface area contributed by atoms with Gasteiger partial charge in [0.25, 0.3) is 0 Å². The van der Waals surface area contributed by atoms with Crippen molar-refractivity contribution in [3.8, 4) is 0 Å². The number of carboxylic acid groups (broad SMARTS) is 1. The van der Waals surface area contributed by atoms with Crippen molar-refractivity contribution >= 4 is 17.7 Å². The molecule has 2 amide bonds. The number of hydrogen-bond acceptors (Lipinski definition) is 3. The van der Waals surface area contributed by atoms with E-state index in [4.69, 9.17) is 5.11 Å². The van der Waals surface area contributed by atoms with Crippen molar-refractivity contribution in [3.63, 3.8) is 0 Å². The fraction of sp³-hybridized carbons (Fsp3) is 0.583. The third kappa shape index (κ3) is 4.27. The molecule has 7 nitrogen and oxygen atoms in total. The van der Waals surface area contributed by atoms with Crippen LogP contribution in [-0.4, -0.2) is 32.4 Å². The van der Waals surface area contributed by atoms with Gasteiger partial charge in [0.05, 0.1) is 17.1 Å². The smallest absolute Gasteiger partial charge is 0.325 e. The van der Waals surface area contributed by atoms with E-state index in [0.29, 0.717) is 17.1 Å². The van der Waals surface area contributed by atoms with Crippen LogP contribution in [0.3, 0.4) is 0 Å². The van der Waals surface area contributed by atoms with Crippen LogP contribution in [0.25, 0.3) is 0 Å². The van der Waals surface area contributed by atoms with Crippen LogP contribution in [0.4, 0.5) is 10.5 Å². The summed E-state index contributed by atoms with van der Waals surface area (Å²) in [5.74, 6) is -0.976. The van der Waals surface area contributed by atoms with Crippen molar-refractivity contribution in [2.45, 2.75) is 46.7 Å². The van der Waals surface area contributed by atoms with Crippen LogP contribution in [0, 0.1) is 13.8 Å². The molecule has 0 saturated heterocycles. The molecular formula is C12H20N4O3. The molecule has 1 aromatic heterocycles. The van der Waals surface area contributed by atoms with Gasteiger partial charge in [-0.3, -0.25) is 9.48 Å². The Kier molecular flexibility index (Phi) is 4.18. The Morgan fingerprint density at radius 1 is 1.32 bits per heavy atom. The van der Waals surface area contributed by atoms with E-state index in [1.807, 2.05) is 20.8 Å². The van der Waals surface area contributed by atoms with Gasteiger partial charge in [0.2, 0.25) is 0 Å². The van der Waals surface area contributed by atoms with E-state index in [9.17, 15) is 9.59 Å². The number of nitrogens with zero attached hydrogens (tertiary/aromatic N) is 2. The van der Waals surface area contributed by atoms with E-state index in [0.717, 1.165) is 0 Å². The molecular weight excluding hydrogens is 248 g/mol. The third-order valence-electron chi connectivity index (χ3n) is 2.39. The number of carbonyl (C=O) groups excluding carboxylic acids is 1. The number of aromatic nitrogens is 2. The van der Waals surface area contributed by atoms with Crippen molar-refractivity contribution in [2.75, 3.05) is 5.32 Å². The Morgan fingerprint density at radius 2 is 1.89 bits per heavy atom. The lowest BCUT2D eigenvalue weighted by Crippen LogP contribution is -2.43. The van der Waals surface area contributed by atoms with Crippen LogP contribution >= 0.6 is 0 Å². The Morgan fingerprint density at radius 3 is 2.37 bits per heavy atom. The molecule has 0 atom stereocenters. The van der Waals surface area contributed by atoms with Gasteiger partial charge in [-0.15, -0.1) is 0 Å². The lowest BCUT2D eigenvalue weighted by atomic mass is 10.1. The number of aryl methyl sites for hydroxylation is 1. The van der Waals surface area contributed by atoms with Gasteiger partial charge in [-0.1, -0.05) is 0 Å². The van der Waals surface area contributed by atoms with Crippen LogP contribution in [0.5, 0.6) is 0 Å². The number of anilines is 1. The molecule has 0 unspecified atom stereocenters. The number of rotatable bonds is 3. The molecule has 19 heavy (non-hydrogen) atoms. The molecule has 1 aromatic rings. The van der Waals surface area contributed by atoms with Gasteiger partial charge in [0, 0.05) is 5.54 Å². The zero-order valence-electron chi connectivity index (χ0n) is 11.9. The summed E-state index contributed by atoms with van der Waals surface area (Å²) in [6.07, 6.45) is 0. The lowest BCUT2D eigenvalue weighted by molar-refractivity contribution is -0.137. The van der Waals surface area contributed by atoms with Crippen molar-refractivity contribution in [1.82, 2.24) is 15.1 Å². The average molecular weight is 268 g/mol. The zero-order chi connectivity index (χ0) is 14.8. The number of aliphatic carboxylic acids is 1. The van der Waals surface area contributed by atoms with Crippen LogP contribution in [0.2, 0.25) is 0 Å². The molecule has 0 aliphatic heterocycles. The molecule has 0 aliphatic carbocycles. The highest BCUT2D eigenvalue weighted by atomic mass is 16.4. The third-order valence-corrected chi connectivity index (χ3v) is 2.39. The first kappa shape index (κ1) is 15.0. The summed E-state index contributed by atoms with van der Waals surface area (Å²) in [6, 6.07) is -0.339. The highest BCUT2D eigenvalue weighted by molar-refractivity contribution is 5.91. The van der Waals surface area contributed by atoms with E-state index in [1.165, 1.54) is 4.68 Å². The second-order valence-electron chi connectivity index (χ2n) is 5.43. The molecule has 0 aliphatic rings. The van der Waals surface area contributed by atoms with Crippen LogP contribution in [0.1, 0.15) is 32.2 Å². The fourth-order valence-corrected chi connectivity index (χ4v) is 1.65. The first-order valence-corrected chi connectivity index (χ1v) is 5.95. The zero-order valence-corrected chi connectivity index (χ0v) is 11.9. The molecule has 0 fully saturated rings. The maximum absolute atomic E-state index is 11.8. The Labute approximate surface area is 112 Å². The summed E-state index contributed by atoms with van der Waals surface area (Å²) in [5.41, 5.74) is 1.40. The summed E-state index contributed by atoms with van der Waals surface area (Å²) < 4.78 is 1.35. The van der Waals surface area contributed by atoms with Gasteiger partial charge < -0.3 is 15.7 Å². The van der Waals surface area contributed by atoms with Crippen molar-refractivity contribution in [1.29, 1.82) is 0 Å². The second-order valence-corrected chi connectivity index (χ2v) is 5.43. The molecule has 1 rings (SSSR count). The minimum Gasteiger partial charge on any atom is -0.480 e. The van der Waals surface area contributed by atoms with Gasteiger partial charge in [-0.05, 0) is 34.6 Å². The van der Waals surface area contributed by atoms with Gasteiger partial charge in [0.15, 0.2) is 0 Å². The standard InChI is InChI=1S/C12H20N4O3/c1-7-10(13-11(19)14-12(3,4)5)8(2)16(15-7)6-9(17)18/h6H2,1-5H3,(H,17,18)(H2,13,14,19). The predicted octanol–water partition coefficient (Wildman–Crippen LogP) is 1.50. The van der Waals surface area contributed by atoms with Crippen LogP contribution in [0.15, 0.2) is 0 Å². The molecule has 7 heteroatoms. The van der Waals surface area contributed by atoms with Gasteiger partial charge >= 0.3 is 12.0 Å². The van der Waals surface area contributed by atoms with Gasteiger partial charge in [-0.25, -0.2) is 4.79 Å². The molecule has 106 valence electrons. The minimum absolute atomic E-state index is 0.227. The van der Waals surface area contributed by atoms with E-state index < -0.39 is 5.97 Å². The number of urea groups is 1. The molecule has 3 N–H and O–H groups in total. The maximum Gasteiger partial charge on any atom is 0.325 e. The number of amides is 2. The molecule has 0 radical (unpaired) electrons. The average Bonchev–Trinajstić information content (AvgIpc) is 2.42. The normalized spacial score (nSPS) is 11.2. The topological polar surface area (TPSA) is 96.2 Å². The van der Waals surface area contributed by atoms with Crippen molar-refractivity contribution in [2.24, 2.45) is 0 Å². The highest BCUT2D eigenvalue weighted by Gasteiger charge is 2.18. The van der Waals surface area contributed by atoms with E-state index in [-0.39, 0.29) is 18.1 Å². The SMILES string of the molecule is Cc1nn(CC(=O)O)c(C)c1NC(=O)NC(C)(C)C. The lowest BCUT2D eigenvalue weighted by Gasteiger charge is -2.20. The summed E-state index contributed by atoms with van der Waals surface area (Å²) in [5, 5.41) is 18.3. The summed E-state index contributed by atoms with van der Waals surface area (Å²) >= 11 is 0. The highest BCUT2D eigenvalue weighted by Crippen LogP contribution is 2.19. The quantitative estimate of drug-likeness (QED) is 0.774. The monoisotopic (exact) mass is 268 g/mol. The molecule has 1 heterocycles. The van der Waals surface area contributed by atoms with E-state index >= 15 is 0 Å². The Bertz CT molecular complexity index is 500. The summed E-state index contributed by atoms with van der Waals surface area (Å²) in [7, 11) is 0. The van der Waals surface area contributed by atoms with Crippen LogP contribution in [-0.2, 0) is 11.3 Å². The largest absolute Gasteiger partial charge is 0.480 e. The number of nitrogens with one attached hydrogen (secondary N) is 2. The molecule has 0 bridgehead atoms. The van der Waals surface area contributed by atoms with E-state index in [2.05, 4.69) is 15.7 Å². The molecule has 0 aromatic carbocycles. The van der Waals surface area contributed by atoms with Gasteiger partial charge in [-0.2, -0.15) is 5.10 Å². The number of carbonyl (C=O) groups is 2. The summed E-state index contributed by atoms with van der Waals surface area (Å²) in [4.78, 5) is 22.5. The van der Waals surface area contributed by atoms with Crippen molar-refractivity contribution in [3.05, 3.63) is 11.4 Å². The maximum atomic E-state index is 11.8. The van der Waals surface area contributed by atoms with Crippen LogP contribution < -0.4 is 10.6 Å². The molecule has 0 spiro atoms. The van der Waals surface area contributed by atoms with Crippen molar-refractivity contribution < 1.29 is 14.7 Å². The predicted molar refractivity (Wildman–Crippen MR) is 71.2 cm³/mol. The number of hydrogen-bond donors (Lipinski definition) is 3. The first-order chi connectivity index (χ1) is 8.60. The van der Waals surface area contributed by atoms with Gasteiger partial charge in [0.1, 0.15) is 6.54 Å². The van der Waals surface area contributed by atoms with E-state index in [1.54, 1.807) is 13.8 Å². The first-order valence-electron chi connectivity index (χ1n) is 5.95. The Hall–Kier alpha value is -2.05. The minimum atomic E-state index is -0.976. The Balaban J connectivity index is 2.87.